The molecule has 2 N–H and O–H groups in total. The summed E-state index contributed by atoms with van der Waals surface area (Å²) in [6.45, 7) is 4.59. The van der Waals surface area contributed by atoms with Gasteiger partial charge in [0.05, 0.1) is 5.60 Å². The van der Waals surface area contributed by atoms with Crippen molar-refractivity contribution in [2.45, 2.75) is 57.1 Å². The van der Waals surface area contributed by atoms with E-state index >= 15 is 0 Å². The van der Waals surface area contributed by atoms with Crippen molar-refractivity contribution in [2.75, 3.05) is 33.7 Å². The van der Waals surface area contributed by atoms with Crippen molar-refractivity contribution in [1.82, 2.24) is 15.1 Å². The highest BCUT2D eigenvalue weighted by molar-refractivity contribution is 5.73. The number of aliphatic hydroxyl groups is 1. The lowest BCUT2D eigenvalue weighted by Crippen LogP contribution is -2.51. The van der Waals surface area contributed by atoms with Gasteiger partial charge in [-0.3, -0.25) is 0 Å². The van der Waals surface area contributed by atoms with E-state index in [4.69, 9.17) is 0 Å². The molecule has 1 aliphatic carbocycles. The number of urea groups is 1. The van der Waals surface area contributed by atoms with Crippen molar-refractivity contribution in [3.63, 3.8) is 0 Å². The summed E-state index contributed by atoms with van der Waals surface area (Å²) in [4.78, 5) is 15.4. The van der Waals surface area contributed by atoms with Crippen molar-refractivity contribution in [2.24, 2.45) is 5.92 Å². The number of carbonyl (C=O) groups excluding carboxylic acids is 1. The van der Waals surface area contributed by atoms with Crippen LogP contribution in [0.2, 0.25) is 0 Å². The fourth-order valence-corrected chi connectivity index (χ4v) is 3.37. The molecular weight excluding hydrogens is 266 g/mol. The number of amides is 2. The minimum atomic E-state index is -0.511. The summed E-state index contributed by atoms with van der Waals surface area (Å²) in [5, 5.41) is 14.1. The molecule has 1 aliphatic heterocycles. The van der Waals surface area contributed by atoms with Gasteiger partial charge in [-0.15, -0.1) is 0 Å². The van der Waals surface area contributed by atoms with Crippen LogP contribution in [0.25, 0.3) is 0 Å². The smallest absolute Gasteiger partial charge is 0.319 e. The predicted octanol–water partition coefficient (Wildman–Crippen LogP) is 1.66. The van der Waals surface area contributed by atoms with Crippen LogP contribution in [0.3, 0.4) is 0 Å². The maximum Gasteiger partial charge on any atom is 0.319 e. The zero-order valence-electron chi connectivity index (χ0n) is 13.8. The highest BCUT2D eigenvalue weighted by Gasteiger charge is 2.32. The first-order valence-corrected chi connectivity index (χ1v) is 8.32. The number of piperidine rings is 1. The summed E-state index contributed by atoms with van der Waals surface area (Å²) in [5.74, 6) is 0.755. The van der Waals surface area contributed by atoms with Crippen LogP contribution in [0.5, 0.6) is 0 Å². The third kappa shape index (κ3) is 4.58. The first kappa shape index (κ1) is 16.6. The molecule has 2 amide bonds. The van der Waals surface area contributed by atoms with Crippen molar-refractivity contribution in [1.29, 1.82) is 0 Å². The van der Waals surface area contributed by atoms with E-state index in [1.54, 1.807) is 19.0 Å². The first-order chi connectivity index (χ1) is 9.89. The molecular formula is C16H31N3O2. The Kier molecular flexibility index (Phi) is 5.49. The second kappa shape index (κ2) is 6.97. The van der Waals surface area contributed by atoms with Crippen LogP contribution in [-0.2, 0) is 0 Å². The Morgan fingerprint density at radius 2 is 1.81 bits per heavy atom. The highest BCUT2D eigenvalue weighted by Crippen LogP contribution is 2.31. The Labute approximate surface area is 128 Å². The average molecular weight is 297 g/mol. The molecule has 5 heteroatoms. The van der Waals surface area contributed by atoms with Crippen molar-refractivity contribution < 1.29 is 9.90 Å². The molecule has 21 heavy (non-hydrogen) atoms. The van der Waals surface area contributed by atoms with E-state index in [1.165, 1.54) is 0 Å². The lowest BCUT2D eigenvalue weighted by Gasteiger charge is -2.38. The molecule has 0 aromatic rings. The van der Waals surface area contributed by atoms with Crippen LogP contribution in [-0.4, -0.2) is 66.3 Å². The summed E-state index contributed by atoms with van der Waals surface area (Å²) in [7, 11) is 3.60. The zero-order chi connectivity index (χ0) is 15.5. The molecule has 0 spiro atoms. The number of nitrogens with zero attached hydrogens (tertiary/aromatic N) is 2. The third-order valence-electron chi connectivity index (χ3n) is 5.07. The van der Waals surface area contributed by atoms with Gasteiger partial charge in [-0.05, 0) is 44.4 Å². The molecule has 122 valence electrons. The standard InChI is InChI=1S/C16H31N3O2/c1-13-4-8-16(21,9-5-13)12-17-14-6-10-19(11-7-14)15(20)18(2)3/h13-14,17,21H,4-12H2,1-3H3. The van der Waals surface area contributed by atoms with Crippen LogP contribution in [0.4, 0.5) is 4.79 Å². The average Bonchev–Trinajstić information content (AvgIpc) is 2.48. The van der Waals surface area contributed by atoms with Gasteiger partial charge in [-0.25, -0.2) is 4.79 Å². The minimum Gasteiger partial charge on any atom is -0.389 e. The summed E-state index contributed by atoms with van der Waals surface area (Å²) < 4.78 is 0. The monoisotopic (exact) mass is 297 g/mol. The summed E-state index contributed by atoms with van der Waals surface area (Å²) in [6, 6.07) is 0.535. The van der Waals surface area contributed by atoms with Crippen LogP contribution in [0.15, 0.2) is 0 Å². The van der Waals surface area contributed by atoms with Gasteiger partial charge < -0.3 is 20.2 Å². The lowest BCUT2D eigenvalue weighted by molar-refractivity contribution is -0.00957. The quantitative estimate of drug-likeness (QED) is 0.833. The predicted molar refractivity (Wildman–Crippen MR) is 84.3 cm³/mol. The Morgan fingerprint density at radius 1 is 1.24 bits per heavy atom. The topological polar surface area (TPSA) is 55.8 Å². The third-order valence-corrected chi connectivity index (χ3v) is 5.07. The number of carbonyl (C=O) groups is 1. The summed E-state index contributed by atoms with van der Waals surface area (Å²) >= 11 is 0. The Hall–Kier alpha value is -0.810. The van der Waals surface area contributed by atoms with Crippen molar-refractivity contribution >= 4 is 6.03 Å². The van der Waals surface area contributed by atoms with Gasteiger partial charge >= 0.3 is 6.03 Å². The van der Waals surface area contributed by atoms with Gasteiger partial charge in [-0.1, -0.05) is 6.92 Å². The van der Waals surface area contributed by atoms with Crippen molar-refractivity contribution in [3.05, 3.63) is 0 Å². The molecule has 0 unspecified atom stereocenters. The van der Waals surface area contributed by atoms with Gasteiger partial charge in [0.15, 0.2) is 0 Å². The van der Waals surface area contributed by atoms with Gasteiger partial charge in [-0.2, -0.15) is 0 Å². The molecule has 0 bridgehead atoms. The number of rotatable bonds is 3. The van der Waals surface area contributed by atoms with E-state index in [0.29, 0.717) is 12.6 Å². The molecule has 0 radical (unpaired) electrons. The molecule has 1 saturated carbocycles. The SMILES string of the molecule is CC1CCC(O)(CNC2CCN(C(=O)N(C)C)CC2)CC1. The summed E-state index contributed by atoms with van der Waals surface area (Å²) in [5.41, 5.74) is -0.511. The van der Waals surface area contributed by atoms with Crippen LogP contribution < -0.4 is 5.32 Å². The Balaban J connectivity index is 1.70. The summed E-state index contributed by atoms with van der Waals surface area (Å²) in [6.07, 6.45) is 6.05. The van der Waals surface area contributed by atoms with Crippen LogP contribution in [0.1, 0.15) is 45.4 Å². The number of hydrogen-bond acceptors (Lipinski definition) is 3. The molecule has 2 fully saturated rings. The second-order valence-corrected chi connectivity index (χ2v) is 7.23. The zero-order valence-corrected chi connectivity index (χ0v) is 13.8. The Bertz CT molecular complexity index is 343. The highest BCUT2D eigenvalue weighted by atomic mass is 16.3. The van der Waals surface area contributed by atoms with E-state index in [1.807, 2.05) is 4.90 Å². The van der Waals surface area contributed by atoms with Gasteiger partial charge in [0.1, 0.15) is 0 Å². The maximum absolute atomic E-state index is 11.9. The van der Waals surface area contributed by atoms with Crippen LogP contribution in [0, 0.1) is 5.92 Å². The lowest BCUT2D eigenvalue weighted by atomic mass is 9.79. The first-order valence-electron chi connectivity index (χ1n) is 8.32. The molecule has 0 aromatic heterocycles. The van der Waals surface area contributed by atoms with E-state index in [0.717, 1.165) is 57.5 Å². The van der Waals surface area contributed by atoms with E-state index in [-0.39, 0.29) is 6.03 Å². The fraction of sp³-hybridized carbons (Fsp3) is 0.938. The minimum absolute atomic E-state index is 0.105. The van der Waals surface area contributed by atoms with Gasteiger partial charge in [0.25, 0.3) is 0 Å². The molecule has 1 heterocycles. The molecule has 0 atom stereocenters. The number of likely N-dealkylation sites (tertiary alicyclic amines) is 1. The number of nitrogens with one attached hydrogen (secondary N) is 1. The molecule has 5 nitrogen and oxygen atoms in total. The largest absolute Gasteiger partial charge is 0.389 e. The molecule has 0 aromatic carbocycles. The van der Waals surface area contributed by atoms with Crippen molar-refractivity contribution in [3.8, 4) is 0 Å². The Morgan fingerprint density at radius 3 is 2.33 bits per heavy atom. The maximum atomic E-state index is 11.9. The van der Waals surface area contributed by atoms with Gasteiger partial charge in [0.2, 0.25) is 0 Å². The normalized spacial score (nSPS) is 31.2. The van der Waals surface area contributed by atoms with Crippen LogP contribution >= 0.6 is 0 Å². The fourth-order valence-electron chi connectivity index (χ4n) is 3.37. The van der Waals surface area contributed by atoms with Gasteiger partial charge in [0, 0.05) is 39.8 Å². The number of hydrogen-bond donors (Lipinski definition) is 2. The van der Waals surface area contributed by atoms with E-state index < -0.39 is 5.60 Å². The molecule has 1 saturated heterocycles. The second-order valence-electron chi connectivity index (χ2n) is 7.23. The van der Waals surface area contributed by atoms with E-state index in [9.17, 15) is 9.90 Å². The van der Waals surface area contributed by atoms with E-state index in [2.05, 4.69) is 12.2 Å². The molecule has 2 aliphatic rings. The molecule has 2 rings (SSSR count).